The van der Waals surface area contributed by atoms with Crippen LogP contribution in [0.5, 0.6) is 0 Å². The van der Waals surface area contributed by atoms with Crippen LogP contribution in [0.4, 0.5) is 10.1 Å². The highest BCUT2D eigenvalue weighted by molar-refractivity contribution is 9.10. The molecule has 0 fully saturated rings. The van der Waals surface area contributed by atoms with E-state index in [2.05, 4.69) is 21.2 Å². The Morgan fingerprint density at radius 3 is 2.81 bits per heavy atom. The molecule has 0 heterocycles. The highest BCUT2D eigenvalue weighted by Crippen LogP contribution is 2.40. The van der Waals surface area contributed by atoms with Crippen molar-refractivity contribution in [2.45, 2.75) is 18.4 Å². The molecule has 2 aromatic rings. The van der Waals surface area contributed by atoms with Crippen LogP contribution in [-0.4, -0.2) is 5.91 Å². The smallest absolute Gasteiger partial charge is 0.247 e. The summed E-state index contributed by atoms with van der Waals surface area (Å²) in [5.74, 6) is -0.804. The van der Waals surface area contributed by atoms with Crippen LogP contribution in [0.15, 0.2) is 46.9 Å². The molecule has 0 saturated carbocycles. The molecule has 1 atom stereocenters. The summed E-state index contributed by atoms with van der Waals surface area (Å²) in [6.45, 7) is 0. The molecule has 21 heavy (non-hydrogen) atoms. The molecule has 0 aliphatic heterocycles. The minimum absolute atomic E-state index is 0.353. The van der Waals surface area contributed by atoms with Crippen molar-refractivity contribution in [2.75, 3.05) is 5.32 Å². The van der Waals surface area contributed by atoms with Crippen LogP contribution in [0.3, 0.4) is 0 Å². The lowest BCUT2D eigenvalue weighted by Crippen LogP contribution is -2.46. The molecule has 2 aromatic carbocycles. The second kappa shape index (κ2) is 5.15. The van der Waals surface area contributed by atoms with E-state index in [0.717, 1.165) is 22.0 Å². The van der Waals surface area contributed by atoms with Crippen LogP contribution in [0.1, 0.15) is 17.5 Å². The van der Waals surface area contributed by atoms with Crippen LogP contribution in [0.25, 0.3) is 0 Å². The van der Waals surface area contributed by atoms with Crippen molar-refractivity contribution < 1.29 is 9.18 Å². The predicted molar refractivity (Wildman–Crippen MR) is 83.4 cm³/mol. The summed E-state index contributed by atoms with van der Waals surface area (Å²) in [5.41, 5.74) is 7.17. The quantitative estimate of drug-likeness (QED) is 0.893. The van der Waals surface area contributed by atoms with Gasteiger partial charge in [0.1, 0.15) is 11.4 Å². The van der Waals surface area contributed by atoms with Gasteiger partial charge in [0.05, 0.1) is 0 Å². The number of carbonyl (C=O) groups excluding carboxylic acids is 1. The predicted octanol–water partition coefficient (Wildman–Crippen LogP) is 3.33. The van der Waals surface area contributed by atoms with Gasteiger partial charge in [-0.1, -0.05) is 28.1 Å². The third-order valence-corrected chi connectivity index (χ3v) is 4.39. The number of fused-ring (bicyclic) bond motifs is 1. The fourth-order valence-corrected chi connectivity index (χ4v) is 3.31. The van der Waals surface area contributed by atoms with Crippen molar-refractivity contribution in [1.82, 2.24) is 0 Å². The molecular formula is C16H14BrFN2O. The number of nitrogens with two attached hydrogens (primary N) is 1. The molecule has 3 nitrogen and oxygen atoms in total. The Hall–Kier alpha value is -1.88. The van der Waals surface area contributed by atoms with E-state index in [1.807, 2.05) is 18.2 Å². The maximum Gasteiger partial charge on any atom is 0.247 e. The van der Waals surface area contributed by atoms with Gasteiger partial charge in [-0.25, -0.2) is 4.39 Å². The first-order valence-electron chi connectivity index (χ1n) is 6.64. The SMILES string of the molecule is NC(=O)C1(Nc2cccc(F)c2)CCc2cc(Br)ccc21. The van der Waals surface area contributed by atoms with Crippen molar-refractivity contribution in [2.24, 2.45) is 5.73 Å². The zero-order valence-corrected chi connectivity index (χ0v) is 12.8. The van der Waals surface area contributed by atoms with Gasteiger partial charge in [0, 0.05) is 10.2 Å². The Bertz CT molecular complexity index is 719. The van der Waals surface area contributed by atoms with E-state index < -0.39 is 11.4 Å². The normalized spacial score (nSPS) is 20.1. The Balaban J connectivity index is 2.06. The first-order chi connectivity index (χ1) is 10.0. The van der Waals surface area contributed by atoms with Crippen LogP contribution < -0.4 is 11.1 Å². The first-order valence-corrected chi connectivity index (χ1v) is 7.43. The van der Waals surface area contributed by atoms with Crippen LogP contribution in [0, 0.1) is 5.82 Å². The molecule has 5 heteroatoms. The number of rotatable bonds is 3. The molecule has 108 valence electrons. The number of halogens is 2. The van der Waals surface area contributed by atoms with Crippen molar-refractivity contribution >= 4 is 27.5 Å². The molecular weight excluding hydrogens is 335 g/mol. The minimum atomic E-state index is -0.982. The number of hydrogen-bond acceptors (Lipinski definition) is 2. The molecule has 0 aromatic heterocycles. The lowest BCUT2D eigenvalue weighted by atomic mass is 9.90. The van der Waals surface area contributed by atoms with E-state index in [9.17, 15) is 9.18 Å². The molecule has 1 amide bonds. The van der Waals surface area contributed by atoms with Crippen molar-refractivity contribution in [3.8, 4) is 0 Å². The molecule has 3 N–H and O–H groups in total. The topological polar surface area (TPSA) is 55.1 Å². The Morgan fingerprint density at radius 1 is 1.29 bits per heavy atom. The lowest BCUT2D eigenvalue weighted by molar-refractivity contribution is -0.122. The van der Waals surface area contributed by atoms with E-state index in [0.29, 0.717) is 12.1 Å². The highest BCUT2D eigenvalue weighted by atomic mass is 79.9. The van der Waals surface area contributed by atoms with Gasteiger partial charge in [0.15, 0.2) is 0 Å². The van der Waals surface area contributed by atoms with Gasteiger partial charge < -0.3 is 11.1 Å². The molecule has 0 radical (unpaired) electrons. The zero-order valence-electron chi connectivity index (χ0n) is 11.2. The number of benzene rings is 2. The van der Waals surface area contributed by atoms with Crippen LogP contribution >= 0.6 is 15.9 Å². The summed E-state index contributed by atoms with van der Waals surface area (Å²) < 4.78 is 14.3. The van der Waals surface area contributed by atoms with Gasteiger partial charge in [-0.2, -0.15) is 0 Å². The summed E-state index contributed by atoms with van der Waals surface area (Å²) in [7, 11) is 0. The molecule has 0 bridgehead atoms. The highest BCUT2D eigenvalue weighted by Gasteiger charge is 2.44. The largest absolute Gasteiger partial charge is 0.368 e. The standard InChI is InChI=1S/C16H14BrFN2O/c17-11-4-5-14-10(8-11)6-7-16(14,15(19)21)20-13-3-1-2-12(18)9-13/h1-5,8-9,20H,6-7H2,(H2,19,21). The van der Waals surface area contributed by atoms with Gasteiger partial charge in [-0.05, 0) is 54.3 Å². The van der Waals surface area contributed by atoms with Crippen molar-refractivity contribution in [3.63, 3.8) is 0 Å². The summed E-state index contributed by atoms with van der Waals surface area (Å²) in [4.78, 5) is 12.1. The van der Waals surface area contributed by atoms with E-state index in [1.165, 1.54) is 12.1 Å². The van der Waals surface area contributed by atoms with Gasteiger partial charge in [-0.15, -0.1) is 0 Å². The average Bonchev–Trinajstić information content (AvgIpc) is 2.78. The molecule has 1 unspecified atom stereocenters. The summed E-state index contributed by atoms with van der Waals surface area (Å²) >= 11 is 3.43. The third kappa shape index (κ3) is 2.42. The number of primary amides is 1. The van der Waals surface area contributed by atoms with E-state index in [4.69, 9.17) is 5.73 Å². The fraction of sp³-hybridized carbons (Fsp3) is 0.188. The molecule has 0 saturated heterocycles. The van der Waals surface area contributed by atoms with Gasteiger partial charge in [-0.3, -0.25) is 4.79 Å². The molecule has 0 spiro atoms. The Kier molecular flexibility index (Phi) is 3.45. The summed E-state index contributed by atoms with van der Waals surface area (Å²) in [6, 6.07) is 11.8. The number of nitrogens with one attached hydrogen (secondary N) is 1. The number of hydrogen-bond donors (Lipinski definition) is 2. The summed E-state index contributed by atoms with van der Waals surface area (Å²) in [5, 5.41) is 3.14. The van der Waals surface area contributed by atoms with Crippen LogP contribution in [-0.2, 0) is 16.8 Å². The van der Waals surface area contributed by atoms with Gasteiger partial charge in [0.25, 0.3) is 0 Å². The minimum Gasteiger partial charge on any atom is -0.368 e. The van der Waals surface area contributed by atoms with Gasteiger partial charge in [0.2, 0.25) is 5.91 Å². The van der Waals surface area contributed by atoms with E-state index >= 15 is 0 Å². The van der Waals surface area contributed by atoms with E-state index in [1.54, 1.807) is 12.1 Å². The number of carbonyl (C=O) groups is 1. The maximum atomic E-state index is 13.4. The summed E-state index contributed by atoms with van der Waals surface area (Å²) in [6.07, 6.45) is 1.31. The zero-order chi connectivity index (χ0) is 15.0. The number of anilines is 1. The average molecular weight is 349 g/mol. The Labute approximate surface area is 130 Å². The van der Waals surface area contributed by atoms with Crippen LogP contribution in [0.2, 0.25) is 0 Å². The lowest BCUT2D eigenvalue weighted by Gasteiger charge is -2.29. The number of aryl methyl sites for hydroxylation is 1. The van der Waals surface area contributed by atoms with Gasteiger partial charge >= 0.3 is 0 Å². The van der Waals surface area contributed by atoms with E-state index in [-0.39, 0.29) is 5.82 Å². The Morgan fingerprint density at radius 2 is 2.10 bits per heavy atom. The van der Waals surface area contributed by atoms with Crippen molar-refractivity contribution in [3.05, 3.63) is 63.9 Å². The first kappa shape index (κ1) is 14.1. The molecule has 1 aliphatic carbocycles. The second-order valence-corrected chi connectivity index (χ2v) is 6.12. The maximum absolute atomic E-state index is 13.4. The van der Waals surface area contributed by atoms with Crippen molar-refractivity contribution in [1.29, 1.82) is 0 Å². The molecule has 3 rings (SSSR count). The number of amides is 1. The third-order valence-electron chi connectivity index (χ3n) is 3.90. The molecule has 1 aliphatic rings. The fourth-order valence-electron chi connectivity index (χ4n) is 2.90. The monoisotopic (exact) mass is 348 g/mol. The second-order valence-electron chi connectivity index (χ2n) is 5.21.